The van der Waals surface area contributed by atoms with E-state index in [1.807, 2.05) is 0 Å². The lowest BCUT2D eigenvalue weighted by Gasteiger charge is -2.11. The lowest BCUT2D eigenvalue weighted by atomic mass is 10.3. The smallest absolute Gasteiger partial charge is 0.274 e. The first kappa shape index (κ1) is 9.80. The van der Waals surface area contributed by atoms with Crippen LogP contribution in [0.5, 0.6) is 0 Å². The first-order valence-electron chi connectivity index (χ1n) is 3.65. The van der Waals surface area contributed by atoms with Gasteiger partial charge in [-0.25, -0.2) is 4.98 Å². The summed E-state index contributed by atoms with van der Waals surface area (Å²) in [6, 6.07) is 1.54. The van der Waals surface area contributed by atoms with Crippen molar-refractivity contribution in [3.8, 4) is 0 Å². The molecule has 0 aliphatic heterocycles. The van der Waals surface area contributed by atoms with Crippen LogP contribution in [0, 0.1) is 0 Å². The zero-order chi connectivity index (χ0) is 10.0. The molecule has 0 radical (unpaired) electrons. The van der Waals surface area contributed by atoms with E-state index in [1.54, 1.807) is 20.2 Å². The number of nitrogens with two attached hydrogens (primary N) is 1. The molecule has 70 valence electrons. The predicted octanol–water partition coefficient (Wildman–Crippen LogP) is 1.02. The van der Waals surface area contributed by atoms with E-state index in [9.17, 15) is 4.79 Å². The highest BCUT2D eigenvalue weighted by Gasteiger charge is 2.14. The molecule has 0 bridgehead atoms. The van der Waals surface area contributed by atoms with E-state index < -0.39 is 0 Å². The SMILES string of the molecule is CN(C)C(=O)c1nccc(Cl)c1N. The zero-order valence-corrected chi connectivity index (χ0v) is 8.17. The average Bonchev–Trinajstić information content (AvgIpc) is 2.08. The summed E-state index contributed by atoms with van der Waals surface area (Å²) in [5, 5.41) is 0.347. The van der Waals surface area contributed by atoms with E-state index in [-0.39, 0.29) is 17.3 Å². The normalized spacial score (nSPS) is 9.77. The second-order valence-electron chi connectivity index (χ2n) is 2.75. The number of anilines is 1. The monoisotopic (exact) mass is 199 g/mol. The van der Waals surface area contributed by atoms with Gasteiger partial charge in [0, 0.05) is 20.3 Å². The van der Waals surface area contributed by atoms with Crippen LogP contribution < -0.4 is 5.73 Å². The fraction of sp³-hybridized carbons (Fsp3) is 0.250. The number of aromatic nitrogens is 1. The van der Waals surface area contributed by atoms with Gasteiger partial charge >= 0.3 is 0 Å². The number of halogens is 1. The van der Waals surface area contributed by atoms with E-state index in [0.717, 1.165) is 0 Å². The molecule has 13 heavy (non-hydrogen) atoms. The van der Waals surface area contributed by atoms with Gasteiger partial charge in [0.25, 0.3) is 5.91 Å². The number of pyridine rings is 1. The van der Waals surface area contributed by atoms with Crippen LogP contribution in [0.15, 0.2) is 12.3 Å². The topological polar surface area (TPSA) is 59.2 Å². The summed E-state index contributed by atoms with van der Waals surface area (Å²) in [5.74, 6) is -0.250. The Bertz CT molecular complexity index is 338. The number of nitrogen functional groups attached to an aromatic ring is 1. The van der Waals surface area contributed by atoms with E-state index in [2.05, 4.69) is 4.98 Å². The first-order valence-corrected chi connectivity index (χ1v) is 4.03. The van der Waals surface area contributed by atoms with Gasteiger partial charge < -0.3 is 10.6 Å². The summed E-state index contributed by atoms with van der Waals surface area (Å²) >= 11 is 5.73. The van der Waals surface area contributed by atoms with Crippen molar-refractivity contribution in [1.29, 1.82) is 0 Å². The van der Waals surface area contributed by atoms with Crippen molar-refractivity contribution < 1.29 is 4.79 Å². The Kier molecular flexibility index (Phi) is 2.72. The van der Waals surface area contributed by atoms with Crippen molar-refractivity contribution in [1.82, 2.24) is 9.88 Å². The minimum absolute atomic E-state index is 0.192. The molecule has 0 spiro atoms. The number of rotatable bonds is 1. The van der Waals surface area contributed by atoms with Crippen LogP contribution in [0.25, 0.3) is 0 Å². The highest BCUT2D eigenvalue weighted by Crippen LogP contribution is 2.20. The van der Waals surface area contributed by atoms with E-state index in [0.29, 0.717) is 5.02 Å². The summed E-state index contributed by atoms with van der Waals surface area (Å²) in [6.07, 6.45) is 1.45. The molecular weight excluding hydrogens is 190 g/mol. The molecule has 0 aromatic carbocycles. The maximum atomic E-state index is 11.4. The lowest BCUT2D eigenvalue weighted by Crippen LogP contribution is -2.24. The molecule has 0 saturated heterocycles. The molecule has 1 aromatic rings. The highest BCUT2D eigenvalue weighted by molar-refractivity contribution is 6.33. The van der Waals surface area contributed by atoms with E-state index in [4.69, 9.17) is 17.3 Å². The first-order chi connectivity index (χ1) is 6.04. The molecule has 0 saturated carbocycles. The Morgan fingerprint density at radius 2 is 2.23 bits per heavy atom. The van der Waals surface area contributed by atoms with Gasteiger partial charge in [0.2, 0.25) is 0 Å². The van der Waals surface area contributed by atoms with Crippen molar-refractivity contribution in [3.05, 3.63) is 23.0 Å². The molecule has 1 rings (SSSR count). The number of carbonyl (C=O) groups is 1. The van der Waals surface area contributed by atoms with Gasteiger partial charge in [-0.1, -0.05) is 11.6 Å². The van der Waals surface area contributed by atoms with Crippen molar-refractivity contribution in [2.24, 2.45) is 0 Å². The maximum Gasteiger partial charge on any atom is 0.274 e. The highest BCUT2D eigenvalue weighted by atomic mass is 35.5. The van der Waals surface area contributed by atoms with Crippen LogP contribution in [0.3, 0.4) is 0 Å². The third kappa shape index (κ3) is 1.89. The number of carbonyl (C=O) groups excluding carboxylic acids is 1. The lowest BCUT2D eigenvalue weighted by molar-refractivity contribution is 0.0823. The Morgan fingerprint density at radius 3 is 2.77 bits per heavy atom. The summed E-state index contributed by atoms with van der Waals surface area (Å²) in [6.45, 7) is 0. The quantitative estimate of drug-likeness (QED) is 0.735. The molecule has 1 aromatic heterocycles. The molecular formula is C8H10ClN3O. The maximum absolute atomic E-state index is 11.4. The molecule has 4 nitrogen and oxygen atoms in total. The molecule has 1 amide bonds. The molecule has 0 aliphatic rings. The van der Waals surface area contributed by atoms with Crippen LogP contribution in [0.1, 0.15) is 10.5 Å². The number of hydrogen-bond acceptors (Lipinski definition) is 3. The number of hydrogen-bond donors (Lipinski definition) is 1. The van der Waals surface area contributed by atoms with Gasteiger partial charge in [-0.05, 0) is 6.07 Å². The Hall–Kier alpha value is -1.29. The second-order valence-corrected chi connectivity index (χ2v) is 3.16. The van der Waals surface area contributed by atoms with Crippen LogP contribution >= 0.6 is 11.6 Å². The Labute approximate surface area is 81.3 Å². The fourth-order valence-corrected chi connectivity index (χ4v) is 0.978. The van der Waals surface area contributed by atoms with Crippen molar-refractivity contribution >= 4 is 23.2 Å². The summed E-state index contributed by atoms with van der Waals surface area (Å²) < 4.78 is 0. The molecule has 0 unspecified atom stereocenters. The van der Waals surface area contributed by atoms with E-state index in [1.165, 1.54) is 11.1 Å². The summed E-state index contributed by atoms with van der Waals surface area (Å²) in [4.78, 5) is 16.7. The van der Waals surface area contributed by atoms with Crippen molar-refractivity contribution in [2.45, 2.75) is 0 Å². The standard InChI is InChI=1S/C8H10ClN3O/c1-12(2)8(13)7-6(10)5(9)3-4-11-7/h3-4H,10H2,1-2H3. The van der Waals surface area contributed by atoms with Crippen LogP contribution in [-0.2, 0) is 0 Å². The molecule has 0 fully saturated rings. The van der Waals surface area contributed by atoms with Crippen molar-refractivity contribution in [3.63, 3.8) is 0 Å². The van der Waals surface area contributed by atoms with Gasteiger partial charge in [-0.15, -0.1) is 0 Å². The van der Waals surface area contributed by atoms with Crippen molar-refractivity contribution in [2.75, 3.05) is 19.8 Å². The van der Waals surface area contributed by atoms with Crippen LogP contribution in [-0.4, -0.2) is 29.9 Å². The second kappa shape index (κ2) is 3.62. The third-order valence-electron chi connectivity index (χ3n) is 1.55. The third-order valence-corrected chi connectivity index (χ3v) is 1.88. The fourth-order valence-electron chi connectivity index (χ4n) is 0.832. The summed E-state index contributed by atoms with van der Waals surface area (Å²) in [7, 11) is 3.26. The number of amides is 1. The molecule has 0 atom stereocenters. The molecule has 5 heteroatoms. The predicted molar refractivity (Wildman–Crippen MR) is 51.7 cm³/mol. The minimum Gasteiger partial charge on any atom is -0.396 e. The molecule has 0 aliphatic carbocycles. The number of nitrogens with zero attached hydrogens (tertiary/aromatic N) is 2. The van der Waals surface area contributed by atoms with Gasteiger partial charge in [0.05, 0.1) is 10.7 Å². The van der Waals surface area contributed by atoms with Gasteiger partial charge in [0.15, 0.2) is 5.69 Å². The van der Waals surface area contributed by atoms with Gasteiger partial charge in [-0.3, -0.25) is 4.79 Å². The molecule has 1 heterocycles. The van der Waals surface area contributed by atoms with E-state index >= 15 is 0 Å². The minimum atomic E-state index is -0.250. The van der Waals surface area contributed by atoms with Gasteiger partial charge in [0.1, 0.15) is 0 Å². The molecule has 2 N–H and O–H groups in total. The summed E-state index contributed by atoms with van der Waals surface area (Å²) in [5.41, 5.74) is 6.00. The average molecular weight is 200 g/mol. The Morgan fingerprint density at radius 1 is 1.62 bits per heavy atom. The van der Waals surface area contributed by atoms with Crippen LogP contribution in [0.4, 0.5) is 5.69 Å². The van der Waals surface area contributed by atoms with Gasteiger partial charge in [-0.2, -0.15) is 0 Å². The van der Waals surface area contributed by atoms with Crippen LogP contribution in [0.2, 0.25) is 5.02 Å². The zero-order valence-electron chi connectivity index (χ0n) is 7.41. The largest absolute Gasteiger partial charge is 0.396 e. The Balaban J connectivity index is 3.15.